The van der Waals surface area contributed by atoms with Crippen LogP contribution in [0.25, 0.3) is 22.3 Å². The van der Waals surface area contributed by atoms with Crippen molar-refractivity contribution in [1.82, 2.24) is 43.8 Å². The first-order valence-corrected chi connectivity index (χ1v) is 16.6. The highest BCUT2D eigenvalue weighted by molar-refractivity contribution is 8.07. The first-order chi connectivity index (χ1) is 20.5. The zero-order valence-electron chi connectivity index (χ0n) is 21.5. The van der Waals surface area contributed by atoms with Gasteiger partial charge in [-0.3, -0.25) is 23.4 Å². The summed E-state index contributed by atoms with van der Waals surface area (Å²) in [5.74, 6) is -0.198. The van der Waals surface area contributed by atoms with Crippen molar-refractivity contribution in [2.24, 2.45) is 0 Å². The van der Waals surface area contributed by atoms with Crippen molar-refractivity contribution in [2.45, 2.75) is 49.5 Å². The second kappa shape index (κ2) is 10.5. The van der Waals surface area contributed by atoms with E-state index >= 15 is 4.39 Å². The van der Waals surface area contributed by atoms with E-state index in [4.69, 9.17) is 40.2 Å². The van der Waals surface area contributed by atoms with E-state index in [9.17, 15) is 18.1 Å². The van der Waals surface area contributed by atoms with Crippen LogP contribution in [-0.2, 0) is 44.8 Å². The van der Waals surface area contributed by atoms with Gasteiger partial charge in [0.2, 0.25) is 5.95 Å². The first-order valence-electron chi connectivity index (χ1n) is 12.6. The van der Waals surface area contributed by atoms with Crippen LogP contribution in [0.2, 0.25) is 0 Å². The van der Waals surface area contributed by atoms with E-state index in [0.717, 1.165) is 0 Å². The lowest BCUT2D eigenvalue weighted by Gasteiger charge is -2.26. The van der Waals surface area contributed by atoms with Gasteiger partial charge < -0.3 is 24.6 Å². The molecule has 0 spiro atoms. The van der Waals surface area contributed by atoms with Crippen molar-refractivity contribution in [3.63, 3.8) is 0 Å². The van der Waals surface area contributed by atoms with Gasteiger partial charge in [-0.2, -0.15) is 18.1 Å². The molecular formula is C20H22FN10O9PS2. The van der Waals surface area contributed by atoms with Crippen LogP contribution < -0.4 is 16.0 Å². The van der Waals surface area contributed by atoms with Crippen LogP contribution in [0.4, 0.5) is 10.3 Å². The van der Waals surface area contributed by atoms with Crippen LogP contribution >= 0.6 is 6.72 Å². The Kier molecular flexibility index (Phi) is 7.04. The molecule has 0 saturated carbocycles. The Morgan fingerprint density at radius 1 is 1.14 bits per heavy atom. The average Bonchev–Trinajstić information content (AvgIpc) is 3.71. The number of nitrogens with one attached hydrogen (secondary N) is 2. The number of H-pyrrole nitrogens is 1. The van der Waals surface area contributed by atoms with Gasteiger partial charge in [0.1, 0.15) is 30.2 Å². The fraction of sp³-hybridized carbons (Fsp3) is 0.500. The lowest BCUT2D eigenvalue weighted by molar-refractivity contribution is -0.0454. The van der Waals surface area contributed by atoms with Crippen molar-refractivity contribution in [3.05, 3.63) is 35.5 Å². The molecule has 19 nitrogen and oxygen atoms in total. The number of anilines is 1. The quantitative estimate of drug-likeness (QED) is 0.187. The number of hydrogen-bond donors (Lipinski definition) is 4. The summed E-state index contributed by atoms with van der Waals surface area (Å²) >= 11 is 5.17. The van der Waals surface area contributed by atoms with Crippen molar-refractivity contribution in [2.75, 3.05) is 18.9 Å². The average molecular weight is 661 g/mol. The Balaban J connectivity index is 1.19. The Morgan fingerprint density at radius 2 is 1.93 bits per heavy atom. The second-order valence-corrected chi connectivity index (χ2v) is 14.0. The van der Waals surface area contributed by atoms with Gasteiger partial charge >= 0.3 is 17.0 Å². The van der Waals surface area contributed by atoms with Crippen molar-refractivity contribution < 1.29 is 40.4 Å². The number of hydrogen-bond acceptors (Lipinski definition) is 15. The predicted molar refractivity (Wildman–Crippen MR) is 144 cm³/mol. The Morgan fingerprint density at radius 3 is 2.77 bits per heavy atom. The molecular weight excluding hydrogens is 638 g/mol. The molecule has 3 fully saturated rings. The van der Waals surface area contributed by atoms with E-state index in [0.29, 0.717) is 5.52 Å². The number of halogens is 1. The summed E-state index contributed by atoms with van der Waals surface area (Å²) < 4.78 is 75.3. The third kappa shape index (κ3) is 5.32. The molecule has 3 aliphatic rings. The minimum Gasteiger partial charge on any atom is -0.369 e. The number of nitrogen functional groups attached to an aromatic ring is 1. The third-order valence-corrected chi connectivity index (χ3v) is 9.62. The normalized spacial score (nSPS) is 34.9. The molecule has 0 radical (unpaired) electrons. The summed E-state index contributed by atoms with van der Waals surface area (Å²) in [6, 6.07) is 0. The van der Waals surface area contributed by atoms with E-state index in [2.05, 4.69) is 34.6 Å². The lowest BCUT2D eigenvalue weighted by Crippen LogP contribution is -2.42. The maximum absolute atomic E-state index is 15.9. The van der Waals surface area contributed by atoms with Crippen molar-refractivity contribution >= 4 is 57.1 Å². The number of nitrogens with two attached hydrogens (primary N) is 1. The Hall–Kier alpha value is -3.05. The smallest absolute Gasteiger partial charge is 0.336 e. The highest BCUT2D eigenvalue weighted by atomic mass is 32.5. The summed E-state index contributed by atoms with van der Waals surface area (Å²) in [6.45, 7) is -5.05. The van der Waals surface area contributed by atoms with Gasteiger partial charge in [-0.25, -0.2) is 28.5 Å². The number of aromatic amines is 1. The fourth-order valence-electron chi connectivity index (χ4n) is 5.21. The molecule has 2 bridgehead atoms. The van der Waals surface area contributed by atoms with Gasteiger partial charge in [0, 0.05) is 13.0 Å². The van der Waals surface area contributed by atoms with E-state index in [1.807, 2.05) is 0 Å². The number of rotatable bonds is 2. The zero-order chi connectivity index (χ0) is 30.1. The third-order valence-electron chi connectivity index (χ3n) is 7.04. The molecule has 0 aromatic carbocycles. The molecule has 230 valence electrons. The maximum atomic E-state index is 15.9. The van der Waals surface area contributed by atoms with E-state index in [-0.39, 0.29) is 35.8 Å². The predicted octanol–water partition coefficient (Wildman–Crippen LogP) is -1.08. The van der Waals surface area contributed by atoms with Crippen LogP contribution in [0, 0.1) is 0 Å². The molecule has 7 heterocycles. The molecule has 0 aliphatic carbocycles. The summed E-state index contributed by atoms with van der Waals surface area (Å²) in [6.07, 6.45) is -4.30. The molecule has 43 heavy (non-hydrogen) atoms. The summed E-state index contributed by atoms with van der Waals surface area (Å²) in [5.41, 5.74) is 5.64. The molecule has 3 aliphatic heterocycles. The van der Waals surface area contributed by atoms with Crippen LogP contribution in [0.3, 0.4) is 0 Å². The molecule has 0 amide bonds. The van der Waals surface area contributed by atoms with E-state index < -0.39 is 72.2 Å². The number of aromatic nitrogens is 8. The van der Waals surface area contributed by atoms with Gasteiger partial charge in [-0.05, 0) is 11.8 Å². The second-order valence-electron chi connectivity index (χ2n) is 9.82. The van der Waals surface area contributed by atoms with Gasteiger partial charge in [-0.1, -0.05) is 0 Å². The number of ether oxygens (including phenoxy) is 2. The van der Waals surface area contributed by atoms with E-state index in [1.54, 1.807) is 0 Å². The Labute approximate surface area is 245 Å². The molecule has 4 aromatic heterocycles. The van der Waals surface area contributed by atoms with Crippen LogP contribution in [-0.4, -0.2) is 96.1 Å². The molecule has 3 saturated heterocycles. The molecule has 7 rings (SSSR count). The highest BCUT2D eigenvalue weighted by Gasteiger charge is 2.51. The fourth-order valence-corrected chi connectivity index (χ4v) is 7.60. The summed E-state index contributed by atoms with van der Waals surface area (Å²) in [5, 5.41) is 0. The monoisotopic (exact) mass is 660 g/mol. The van der Waals surface area contributed by atoms with Gasteiger partial charge in [-0.15, -0.1) is 0 Å². The summed E-state index contributed by atoms with van der Waals surface area (Å²) in [7, 11) is -4.54. The zero-order valence-corrected chi connectivity index (χ0v) is 24.1. The van der Waals surface area contributed by atoms with Gasteiger partial charge in [0.15, 0.2) is 35.4 Å². The van der Waals surface area contributed by atoms with Crippen molar-refractivity contribution in [1.29, 1.82) is 0 Å². The summed E-state index contributed by atoms with van der Waals surface area (Å²) in [4.78, 5) is 45.7. The van der Waals surface area contributed by atoms with Gasteiger partial charge in [0.05, 0.1) is 31.6 Å². The van der Waals surface area contributed by atoms with Crippen LogP contribution in [0.15, 0.2) is 30.0 Å². The largest absolute Gasteiger partial charge is 0.369 e. The van der Waals surface area contributed by atoms with Crippen LogP contribution in [0.5, 0.6) is 0 Å². The number of fused-ring (bicyclic) bond motifs is 5. The molecule has 8 atom stereocenters. The molecule has 23 heteroatoms. The number of imidazole rings is 2. The topological polar surface area (TPSA) is 246 Å². The maximum Gasteiger partial charge on any atom is 0.336 e. The minimum atomic E-state index is -4.54. The standard InChI is InChI=1S/C20H22FN10O9PS2/c21-12-14-11(38-19(12)30-6-25-9-2-23-5-24-15(9)30)3-27-43(34,35)40-10-1-8(4-36-41(33,42)39-14)37-18(10)31-7-26-13-16(31)28-20(22)29-17(13)32/h2,5-8,10-12,14,18-19,27H,1,3-4H2,(H,33,42)(H3,22,28,29,32)/t8-,10+,11+,12+,14+,18-,19+,41?/m0/s1. The highest BCUT2D eigenvalue weighted by Crippen LogP contribution is 2.50. The molecule has 5 N–H and O–H groups in total. The number of nitrogens with zero attached hydrogens (tertiary/aromatic N) is 7. The molecule has 1 unspecified atom stereocenters. The van der Waals surface area contributed by atoms with E-state index in [1.165, 1.54) is 34.3 Å². The van der Waals surface area contributed by atoms with Gasteiger partial charge in [0.25, 0.3) is 5.56 Å². The number of alkyl halides is 1. The minimum absolute atomic E-state index is 0.0167. The first kappa shape index (κ1) is 28.7. The van der Waals surface area contributed by atoms with Crippen LogP contribution in [0.1, 0.15) is 18.9 Å². The van der Waals surface area contributed by atoms with Crippen molar-refractivity contribution in [3.8, 4) is 0 Å². The molecule has 4 aromatic rings. The SMILES string of the molecule is Nc1nc2c(ncn2[C@H]2O[C@@H]3COP(O)(=S)O[C@H]4[C@@H](F)[C@H](n5cnc6cncnc65)O[C@@H]4CNS(=O)(=O)O[C@@H]2C3)c(=O)[nH]1. The lowest BCUT2D eigenvalue weighted by atomic mass is 10.1. The Bertz CT molecular complexity index is 1920.